The molecule has 25 aromatic rings. The van der Waals surface area contributed by atoms with Crippen LogP contribution in [-0.2, 0) is 0 Å². The Hall–Kier alpha value is -16.9. The largest absolute Gasteiger partial charge is 0.453 e. The van der Waals surface area contributed by atoms with E-state index in [0.29, 0.717) is 17.5 Å². The minimum absolute atomic E-state index is 0.574. The van der Waals surface area contributed by atoms with E-state index >= 15 is 0 Å². The molecule has 0 amide bonds. The molecular formula is C113H74N10O. The van der Waals surface area contributed by atoms with Crippen molar-refractivity contribution in [2.24, 2.45) is 0 Å². The summed E-state index contributed by atoms with van der Waals surface area (Å²) < 4.78 is 18.6. The van der Waals surface area contributed by atoms with E-state index in [2.05, 4.69) is 369 Å². The van der Waals surface area contributed by atoms with Crippen LogP contribution in [0.5, 0.6) is 0 Å². The standard InChI is InChI=1S/C41H27N3.C37H25N3.C35H22N4O/c1-4-13-28(14-5-1)32-23-24-33(40-34(32)20-12-26-42-40)29-22-25-38-36(27-29)39-35-19-10-11-21-37(35)43(30-15-6-2-7-16-30)41(39)44(38)31-17-8-3-9-18-31;1-4-14-26(15-5-1)32-24-29(25-33(38-32)27-16-6-2-7-17-27)40-35-23-13-11-21-31(35)36-30-20-10-12-22-34(30)39(37(36)40)28-18-8-3-9-19-28;1-4-13-23(14-5-1)33-36-34(24-15-6-2-7-16-24)38-35(37-33)28-21-12-20-27-30-32(40-31(27)28)26-19-10-11-22-29(26)39(30)25-17-8-3-9-18-25/h1-27H;1-25H;1-22H. The molecule has 0 aliphatic carbocycles. The van der Waals surface area contributed by atoms with Gasteiger partial charge >= 0.3 is 0 Å². The first-order valence-corrected chi connectivity index (χ1v) is 41.8. The van der Waals surface area contributed by atoms with Crippen LogP contribution in [-0.4, -0.2) is 47.8 Å². The first kappa shape index (κ1) is 72.3. The van der Waals surface area contributed by atoms with Crippen LogP contribution < -0.4 is 0 Å². The van der Waals surface area contributed by atoms with Crippen molar-refractivity contribution >= 4 is 110 Å². The second-order valence-corrected chi connectivity index (χ2v) is 31.0. The fourth-order valence-electron chi connectivity index (χ4n) is 18.3. The summed E-state index contributed by atoms with van der Waals surface area (Å²) in [5.74, 6) is 1.82. The lowest BCUT2D eigenvalue weighted by Crippen LogP contribution is -2.03. The Morgan fingerprint density at radius 3 is 1.05 bits per heavy atom. The van der Waals surface area contributed by atoms with E-state index in [1.54, 1.807) is 0 Å². The van der Waals surface area contributed by atoms with E-state index in [9.17, 15) is 0 Å². The summed E-state index contributed by atoms with van der Waals surface area (Å²) in [4.78, 5) is 24.8. The zero-order chi connectivity index (χ0) is 82.0. The van der Waals surface area contributed by atoms with Crippen molar-refractivity contribution in [3.05, 3.63) is 449 Å². The quantitative estimate of drug-likeness (QED) is 0.121. The first-order chi connectivity index (χ1) is 61.6. The van der Waals surface area contributed by atoms with Crippen LogP contribution >= 0.6 is 0 Å². The SMILES string of the molecule is c1ccc(-c2cc(-n3c4ccccc4c4c5ccccc5n(-c5ccccc5)c43)cc(-c3ccccc3)n2)cc1.c1ccc(-c2ccc(-c3ccc4c(c3)c3c5ccccc5n(-c5ccccc5)c3n4-c3ccccc3)c3ncccc23)cc1.c1ccc(-c2nc(-c3ccccc3)nc(-c3cccc4c3oc3c5ccccc5n(-c5ccccc5)c43)n2)cc1. The molecule has 16 aromatic carbocycles. The van der Waals surface area contributed by atoms with Gasteiger partial charge in [-0.2, -0.15) is 0 Å². The van der Waals surface area contributed by atoms with Gasteiger partial charge in [-0.25, -0.2) is 19.9 Å². The highest BCUT2D eigenvalue weighted by Gasteiger charge is 2.28. The molecule has 9 aromatic heterocycles. The Bertz CT molecular complexity index is 8200. The van der Waals surface area contributed by atoms with Crippen molar-refractivity contribution in [1.82, 2.24) is 47.8 Å². The monoisotopic (exact) mass is 1590 g/mol. The highest BCUT2D eigenvalue weighted by atomic mass is 16.3. The summed E-state index contributed by atoms with van der Waals surface area (Å²) in [5.41, 5.74) is 28.9. The van der Waals surface area contributed by atoms with Gasteiger partial charge in [0.1, 0.15) is 22.4 Å². The van der Waals surface area contributed by atoms with Crippen LogP contribution in [0, 0.1) is 0 Å². The molecular weight excluding hydrogens is 1510 g/mol. The maximum Gasteiger partial charge on any atom is 0.167 e. The summed E-state index contributed by atoms with van der Waals surface area (Å²) in [7, 11) is 0. The maximum atomic E-state index is 6.72. The summed E-state index contributed by atoms with van der Waals surface area (Å²) in [5, 5.41) is 10.7. The molecule has 0 radical (unpaired) electrons. The van der Waals surface area contributed by atoms with Crippen LogP contribution in [0.2, 0.25) is 0 Å². The Morgan fingerprint density at radius 2 is 0.565 bits per heavy atom. The molecule has 0 unspecified atom stereocenters. The molecule has 0 saturated carbocycles. The predicted molar refractivity (Wildman–Crippen MR) is 510 cm³/mol. The molecule has 0 spiro atoms. The third-order valence-corrected chi connectivity index (χ3v) is 23.7. The van der Waals surface area contributed by atoms with Gasteiger partial charge in [0.15, 0.2) is 23.1 Å². The van der Waals surface area contributed by atoms with E-state index in [4.69, 9.17) is 29.3 Å². The molecule has 0 saturated heterocycles. The second-order valence-electron chi connectivity index (χ2n) is 31.0. The second kappa shape index (κ2) is 30.8. The van der Waals surface area contributed by atoms with E-state index in [1.807, 2.05) is 103 Å². The Morgan fingerprint density at radius 1 is 0.202 bits per heavy atom. The number of nitrogens with zero attached hydrogens (tertiary/aromatic N) is 10. The molecule has 0 aliphatic heterocycles. The lowest BCUT2D eigenvalue weighted by atomic mass is 9.94. The van der Waals surface area contributed by atoms with Crippen LogP contribution in [0.1, 0.15) is 0 Å². The first-order valence-electron chi connectivity index (χ1n) is 41.8. The molecule has 0 atom stereocenters. The van der Waals surface area contributed by atoms with E-state index < -0.39 is 0 Å². The van der Waals surface area contributed by atoms with Crippen LogP contribution in [0.4, 0.5) is 0 Å². The summed E-state index contributed by atoms with van der Waals surface area (Å²) >= 11 is 0. The topological polar surface area (TPSA) is 102 Å². The Labute approximate surface area is 713 Å². The number of hydrogen-bond acceptors (Lipinski definition) is 6. The van der Waals surface area contributed by atoms with Gasteiger partial charge in [-0.05, 0) is 138 Å². The van der Waals surface area contributed by atoms with Crippen LogP contribution in [0.15, 0.2) is 453 Å². The Kier molecular flexibility index (Phi) is 18.0. The minimum atomic E-state index is 0.574. The minimum Gasteiger partial charge on any atom is -0.453 e. The van der Waals surface area contributed by atoms with Gasteiger partial charge in [-0.15, -0.1) is 0 Å². The molecule has 0 fully saturated rings. The Balaban J connectivity index is 0.000000108. The summed E-state index contributed by atoms with van der Waals surface area (Å²) in [6.07, 6.45) is 1.90. The van der Waals surface area contributed by atoms with Crippen LogP contribution in [0.25, 0.3) is 217 Å². The van der Waals surface area contributed by atoms with Crippen molar-refractivity contribution in [1.29, 1.82) is 0 Å². The van der Waals surface area contributed by atoms with E-state index in [0.717, 1.165) is 134 Å². The van der Waals surface area contributed by atoms with Crippen molar-refractivity contribution < 1.29 is 4.42 Å². The van der Waals surface area contributed by atoms with Crippen molar-refractivity contribution in [2.45, 2.75) is 0 Å². The van der Waals surface area contributed by atoms with E-state index in [1.165, 1.54) is 65.5 Å². The predicted octanol–water partition coefficient (Wildman–Crippen LogP) is 28.8. The molecule has 11 nitrogen and oxygen atoms in total. The number of rotatable bonds is 12. The third-order valence-electron chi connectivity index (χ3n) is 23.7. The summed E-state index contributed by atoms with van der Waals surface area (Å²) in [6.45, 7) is 0. The fourth-order valence-corrected chi connectivity index (χ4v) is 18.3. The lowest BCUT2D eigenvalue weighted by Gasteiger charge is -2.15. The van der Waals surface area contributed by atoms with Gasteiger partial charge < -0.3 is 8.98 Å². The molecule has 582 valence electrons. The number of pyridine rings is 2. The normalized spacial score (nSPS) is 11.5. The average molecular weight is 1590 g/mol. The summed E-state index contributed by atoms with van der Waals surface area (Å²) in [6, 6.07) is 155. The molecule has 0 aliphatic rings. The molecule has 0 bridgehead atoms. The van der Waals surface area contributed by atoms with Crippen molar-refractivity contribution in [2.75, 3.05) is 0 Å². The highest BCUT2D eigenvalue weighted by Crippen LogP contribution is 2.47. The van der Waals surface area contributed by atoms with Crippen molar-refractivity contribution in [3.63, 3.8) is 0 Å². The van der Waals surface area contributed by atoms with Gasteiger partial charge in [0, 0.05) is 105 Å². The molecule has 9 heterocycles. The smallest absolute Gasteiger partial charge is 0.167 e. The number of para-hydroxylation sites is 9. The number of hydrogen-bond donors (Lipinski definition) is 0. The lowest BCUT2D eigenvalue weighted by molar-refractivity contribution is 0.673. The number of fused-ring (bicyclic) bond motifs is 16. The number of benzene rings is 16. The highest BCUT2D eigenvalue weighted by molar-refractivity contribution is 6.25. The average Bonchev–Trinajstić information content (AvgIpc) is 1.60. The number of aromatic nitrogens is 10. The fraction of sp³-hybridized carbons (Fsp3) is 0. The van der Waals surface area contributed by atoms with Gasteiger partial charge in [-0.3, -0.25) is 23.3 Å². The number of furan rings is 1. The van der Waals surface area contributed by atoms with Gasteiger partial charge in [0.25, 0.3) is 0 Å². The molecule has 11 heteroatoms. The van der Waals surface area contributed by atoms with Gasteiger partial charge in [0.05, 0.1) is 55.7 Å². The zero-order valence-corrected chi connectivity index (χ0v) is 67.1. The van der Waals surface area contributed by atoms with Gasteiger partial charge in [-0.1, -0.05) is 322 Å². The van der Waals surface area contributed by atoms with E-state index in [-0.39, 0.29) is 0 Å². The van der Waals surface area contributed by atoms with Gasteiger partial charge in [0.2, 0.25) is 0 Å². The maximum absolute atomic E-state index is 6.72. The van der Waals surface area contributed by atoms with Crippen molar-refractivity contribution in [3.8, 4) is 107 Å². The molecule has 0 N–H and O–H groups in total. The molecule has 124 heavy (non-hydrogen) atoms. The zero-order valence-electron chi connectivity index (χ0n) is 67.1. The third kappa shape index (κ3) is 12.5. The molecule has 25 rings (SSSR count). The van der Waals surface area contributed by atoms with Crippen LogP contribution in [0.3, 0.4) is 0 Å².